The Labute approximate surface area is 64.1 Å². The number of rotatable bonds is 4. The minimum absolute atomic E-state index is 0.200. The lowest BCUT2D eigenvalue weighted by Crippen LogP contribution is -2.20. The Balaban J connectivity index is 3.62. The molecule has 10 heavy (non-hydrogen) atoms. The molecule has 0 aromatic carbocycles. The Kier molecular flexibility index (Phi) is 4.93. The van der Waals surface area contributed by atoms with Gasteiger partial charge >= 0.3 is 5.97 Å². The van der Waals surface area contributed by atoms with Crippen LogP contribution in [-0.4, -0.2) is 21.2 Å². The summed E-state index contributed by atoms with van der Waals surface area (Å²) in [7, 11) is -0.215. The van der Waals surface area contributed by atoms with Crippen LogP contribution < -0.4 is 0 Å². The van der Waals surface area contributed by atoms with Crippen LogP contribution in [-0.2, 0) is 9.53 Å². The first kappa shape index (κ1) is 9.43. The number of ether oxygens (including phenoxy) is 1. The fourth-order valence-electron chi connectivity index (χ4n) is 0.668. The highest BCUT2D eigenvalue weighted by molar-refractivity contribution is 6.35. The number of carbonyl (C=O) groups is 1. The van der Waals surface area contributed by atoms with Crippen molar-refractivity contribution in [2.45, 2.75) is 25.6 Å². The predicted octanol–water partition coefficient (Wildman–Crippen LogP) is 0.669. The van der Waals surface area contributed by atoms with Crippen molar-refractivity contribution in [1.82, 2.24) is 0 Å². The average Bonchev–Trinajstić information content (AvgIpc) is 1.99. The SMILES string of the molecule is C=CC(=O)OC(CC)[SiH2]C. The molecule has 2 nitrogen and oxygen atoms in total. The zero-order valence-electron chi connectivity index (χ0n) is 6.59. The maximum atomic E-state index is 10.6. The van der Waals surface area contributed by atoms with E-state index < -0.39 is 0 Å². The third-order valence-corrected chi connectivity index (χ3v) is 3.01. The first-order chi connectivity index (χ1) is 4.74. The van der Waals surface area contributed by atoms with Crippen molar-refractivity contribution < 1.29 is 9.53 Å². The van der Waals surface area contributed by atoms with Crippen LogP contribution in [0.4, 0.5) is 0 Å². The minimum atomic E-state index is -0.291. The van der Waals surface area contributed by atoms with Crippen molar-refractivity contribution in [3.05, 3.63) is 12.7 Å². The summed E-state index contributed by atoms with van der Waals surface area (Å²) in [5, 5.41) is 0. The molecule has 1 unspecified atom stereocenters. The van der Waals surface area contributed by atoms with Gasteiger partial charge in [0.05, 0.1) is 15.2 Å². The molecule has 0 radical (unpaired) electrons. The quantitative estimate of drug-likeness (QED) is 0.341. The molecule has 0 aliphatic carbocycles. The van der Waals surface area contributed by atoms with Gasteiger partial charge in [0.1, 0.15) is 0 Å². The van der Waals surface area contributed by atoms with E-state index in [0.29, 0.717) is 0 Å². The summed E-state index contributed by atoms with van der Waals surface area (Å²) in [6.45, 7) is 7.48. The highest BCUT2D eigenvalue weighted by Crippen LogP contribution is 1.96. The molecule has 0 N–H and O–H groups in total. The zero-order chi connectivity index (χ0) is 7.98. The molecule has 58 valence electrons. The van der Waals surface area contributed by atoms with Crippen LogP contribution in [0.5, 0.6) is 0 Å². The molecule has 0 bridgehead atoms. The standard InChI is InChI=1S/C7H14O2Si/c1-4-6(8)9-7(5-2)10-3/h4,7H,1,5,10H2,2-3H3. The third kappa shape index (κ3) is 3.45. The molecule has 0 saturated carbocycles. The van der Waals surface area contributed by atoms with Crippen molar-refractivity contribution in [1.29, 1.82) is 0 Å². The van der Waals surface area contributed by atoms with Crippen LogP contribution in [0.3, 0.4) is 0 Å². The molecule has 0 spiro atoms. The highest BCUT2D eigenvalue weighted by Gasteiger charge is 2.06. The van der Waals surface area contributed by atoms with Gasteiger partial charge in [-0.2, -0.15) is 0 Å². The van der Waals surface area contributed by atoms with Gasteiger partial charge in [-0.05, 0) is 6.42 Å². The normalized spacial score (nSPS) is 13.4. The summed E-state index contributed by atoms with van der Waals surface area (Å²) in [6, 6.07) is 0. The third-order valence-electron chi connectivity index (χ3n) is 1.36. The lowest BCUT2D eigenvalue weighted by molar-refractivity contribution is -0.139. The average molecular weight is 158 g/mol. The summed E-state index contributed by atoms with van der Waals surface area (Å²) >= 11 is 0. The predicted molar refractivity (Wildman–Crippen MR) is 44.8 cm³/mol. The molecule has 0 amide bonds. The molecular formula is C7H14O2Si. The largest absolute Gasteiger partial charge is 0.464 e. The van der Waals surface area contributed by atoms with Crippen LogP contribution in [0.1, 0.15) is 13.3 Å². The van der Waals surface area contributed by atoms with Crippen molar-refractivity contribution in [3.8, 4) is 0 Å². The Morgan fingerprint density at radius 3 is 2.80 bits per heavy atom. The van der Waals surface area contributed by atoms with E-state index in [1.807, 2.05) is 6.92 Å². The minimum Gasteiger partial charge on any atom is -0.464 e. The lowest BCUT2D eigenvalue weighted by atomic mass is 10.5. The lowest BCUT2D eigenvalue weighted by Gasteiger charge is -2.11. The van der Waals surface area contributed by atoms with E-state index >= 15 is 0 Å². The summed E-state index contributed by atoms with van der Waals surface area (Å²) in [5.41, 5.74) is 0.200. The molecule has 0 aromatic rings. The Morgan fingerprint density at radius 2 is 2.50 bits per heavy atom. The second-order valence-electron chi connectivity index (χ2n) is 2.08. The van der Waals surface area contributed by atoms with Crippen molar-refractivity contribution >= 4 is 15.5 Å². The van der Waals surface area contributed by atoms with Gasteiger partial charge in [-0.3, -0.25) is 0 Å². The second kappa shape index (κ2) is 5.23. The van der Waals surface area contributed by atoms with Crippen molar-refractivity contribution in [2.75, 3.05) is 0 Å². The molecule has 0 fully saturated rings. The van der Waals surface area contributed by atoms with Gasteiger partial charge in [0.25, 0.3) is 0 Å². The fourth-order valence-corrected chi connectivity index (χ4v) is 1.58. The van der Waals surface area contributed by atoms with E-state index in [9.17, 15) is 4.79 Å². The van der Waals surface area contributed by atoms with Crippen LogP contribution in [0, 0.1) is 0 Å². The van der Waals surface area contributed by atoms with E-state index in [4.69, 9.17) is 4.74 Å². The Bertz CT molecular complexity index is 119. The van der Waals surface area contributed by atoms with E-state index in [0.717, 1.165) is 6.42 Å². The van der Waals surface area contributed by atoms with Gasteiger partial charge in [0.2, 0.25) is 0 Å². The molecule has 3 heteroatoms. The second-order valence-corrected chi connectivity index (χ2v) is 3.81. The van der Waals surface area contributed by atoms with E-state index in [-0.39, 0.29) is 21.2 Å². The van der Waals surface area contributed by atoms with E-state index in [1.54, 1.807) is 0 Å². The monoisotopic (exact) mass is 158 g/mol. The molecule has 0 rings (SSSR count). The molecule has 1 atom stereocenters. The van der Waals surface area contributed by atoms with Gasteiger partial charge in [-0.15, -0.1) is 0 Å². The summed E-state index contributed by atoms with van der Waals surface area (Å²) in [6.07, 6.45) is 2.15. The molecular weight excluding hydrogens is 144 g/mol. The Hall–Kier alpha value is -0.573. The van der Waals surface area contributed by atoms with Crippen LogP contribution in [0.25, 0.3) is 0 Å². The maximum Gasteiger partial charge on any atom is 0.330 e. The Morgan fingerprint density at radius 1 is 1.90 bits per heavy atom. The number of esters is 1. The van der Waals surface area contributed by atoms with Crippen LogP contribution in [0.2, 0.25) is 6.55 Å². The topological polar surface area (TPSA) is 26.3 Å². The van der Waals surface area contributed by atoms with Crippen molar-refractivity contribution in [2.24, 2.45) is 0 Å². The summed E-state index contributed by atoms with van der Waals surface area (Å²) < 4.78 is 5.00. The highest BCUT2D eigenvalue weighted by atomic mass is 28.2. The number of hydrogen-bond donors (Lipinski definition) is 0. The maximum absolute atomic E-state index is 10.6. The van der Waals surface area contributed by atoms with Gasteiger partial charge in [-0.25, -0.2) is 4.79 Å². The first-order valence-corrected chi connectivity index (χ1v) is 5.80. The smallest absolute Gasteiger partial charge is 0.330 e. The zero-order valence-corrected chi connectivity index (χ0v) is 8.01. The molecule has 0 aromatic heterocycles. The van der Waals surface area contributed by atoms with Gasteiger partial charge < -0.3 is 4.74 Å². The number of hydrogen-bond acceptors (Lipinski definition) is 2. The van der Waals surface area contributed by atoms with Gasteiger partial charge in [0.15, 0.2) is 0 Å². The van der Waals surface area contributed by atoms with Gasteiger partial charge in [-0.1, -0.05) is 20.0 Å². The first-order valence-electron chi connectivity index (χ1n) is 3.57. The molecule has 0 aliphatic heterocycles. The van der Waals surface area contributed by atoms with Gasteiger partial charge in [0, 0.05) is 6.08 Å². The molecule has 0 heterocycles. The molecule has 0 aliphatic rings. The van der Waals surface area contributed by atoms with E-state index in [1.165, 1.54) is 6.08 Å². The van der Waals surface area contributed by atoms with E-state index in [2.05, 4.69) is 13.1 Å². The van der Waals surface area contributed by atoms with Crippen molar-refractivity contribution in [3.63, 3.8) is 0 Å². The summed E-state index contributed by atoms with van der Waals surface area (Å²) in [4.78, 5) is 10.6. The van der Waals surface area contributed by atoms with Crippen LogP contribution in [0.15, 0.2) is 12.7 Å². The summed E-state index contributed by atoms with van der Waals surface area (Å²) in [5.74, 6) is -0.291. The molecule has 0 saturated heterocycles. The number of carbonyl (C=O) groups excluding carboxylic acids is 1. The van der Waals surface area contributed by atoms with Crippen LogP contribution >= 0.6 is 0 Å². The fraction of sp³-hybridized carbons (Fsp3) is 0.571.